The Bertz CT molecular complexity index is 3440. The second-order valence-corrected chi connectivity index (χ2v) is 27.7. The van der Waals surface area contributed by atoms with E-state index in [0.717, 1.165) is 129 Å². The summed E-state index contributed by atoms with van der Waals surface area (Å²) in [5.74, 6) is 3.46. The summed E-state index contributed by atoms with van der Waals surface area (Å²) in [6, 6.07) is 53.1. The SMILES string of the molecule is CCC(=O)NC(CC(C)C)c1ccccc1N1CCCCC1.CCCCCCC[C@@H]1S[C@@H](CC(=O)N(Cc2ccccc2)Cc2ccccc2)C(=O)N1CCCCC.COCCN(C)c1ccccn1.COCCN(C)c1nc2ccccc2o1.COCCc1nc(-c2ccccc2)oc1C. The Balaban J connectivity index is 0.000000211. The number of amides is 3. The Labute approximate surface area is 608 Å². The van der Waals surface area contributed by atoms with E-state index < -0.39 is 0 Å². The number of rotatable bonds is 34. The number of anilines is 3. The number of pyridine rings is 1. The van der Waals surface area contributed by atoms with Crippen LogP contribution in [0.3, 0.4) is 0 Å². The molecule has 2 aliphatic rings. The number of hydrogen-bond donors (Lipinski definition) is 1. The molecule has 5 aromatic carbocycles. The van der Waals surface area contributed by atoms with Crippen LogP contribution in [0.5, 0.6) is 0 Å². The molecule has 0 aliphatic carbocycles. The molecule has 548 valence electrons. The zero-order valence-corrected chi connectivity index (χ0v) is 63.4. The van der Waals surface area contributed by atoms with Gasteiger partial charge in [-0.15, -0.1) is 11.8 Å². The number of methoxy groups -OCH3 is 3. The van der Waals surface area contributed by atoms with Crippen LogP contribution in [-0.4, -0.2) is 141 Å². The highest BCUT2D eigenvalue weighted by atomic mass is 32.2. The van der Waals surface area contributed by atoms with Gasteiger partial charge in [-0.25, -0.2) is 9.97 Å². The van der Waals surface area contributed by atoms with Gasteiger partial charge in [-0.1, -0.05) is 195 Å². The summed E-state index contributed by atoms with van der Waals surface area (Å²) in [5, 5.41) is 3.17. The summed E-state index contributed by atoms with van der Waals surface area (Å²) < 4.78 is 26.2. The maximum atomic E-state index is 13.6. The largest absolute Gasteiger partial charge is 0.441 e. The fourth-order valence-corrected chi connectivity index (χ4v) is 13.4. The minimum Gasteiger partial charge on any atom is -0.441 e. The fraction of sp³-hybridized carbons (Fsp3) is 0.494. The number of ether oxygens (including phenoxy) is 3. The number of fused-ring (bicyclic) bond motifs is 1. The van der Waals surface area contributed by atoms with Crippen LogP contribution in [-0.2, 0) is 48.1 Å². The number of hydrogen-bond acceptors (Lipinski definition) is 15. The molecule has 3 amide bonds. The first-order chi connectivity index (χ1) is 49.2. The number of piperidine rings is 1. The van der Waals surface area contributed by atoms with Gasteiger partial charge < -0.3 is 52.9 Å². The number of nitrogens with one attached hydrogen (secondary N) is 1. The third-order valence-corrected chi connectivity index (χ3v) is 19.2. The first-order valence-electron chi connectivity index (χ1n) is 36.8. The lowest BCUT2D eigenvalue weighted by Gasteiger charge is -2.33. The van der Waals surface area contributed by atoms with Crippen molar-refractivity contribution in [3.05, 3.63) is 192 Å². The second kappa shape index (κ2) is 47.2. The Hall–Kier alpha value is -8.03. The molecule has 2 aliphatic heterocycles. The Morgan fingerprint density at radius 2 is 1.26 bits per heavy atom. The summed E-state index contributed by atoms with van der Waals surface area (Å²) in [7, 11) is 9.00. The van der Waals surface area contributed by atoms with Crippen molar-refractivity contribution in [1.82, 2.24) is 30.1 Å². The van der Waals surface area contributed by atoms with Gasteiger partial charge in [0.1, 0.15) is 17.1 Å². The van der Waals surface area contributed by atoms with Crippen molar-refractivity contribution in [2.45, 2.75) is 174 Å². The van der Waals surface area contributed by atoms with Gasteiger partial charge in [-0.05, 0) is 111 Å². The summed E-state index contributed by atoms with van der Waals surface area (Å²) in [6.07, 6.45) is 18.8. The highest BCUT2D eigenvalue weighted by molar-refractivity contribution is 8.01. The van der Waals surface area contributed by atoms with Crippen molar-refractivity contribution in [2.75, 3.05) is 103 Å². The van der Waals surface area contributed by atoms with Gasteiger partial charge >= 0.3 is 0 Å². The lowest BCUT2D eigenvalue weighted by atomic mass is 9.94. The van der Waals surface area contributed by atoms with Gasteiger partial charge in [0.2, 0.25) is 23.6 Å². The minimum absolute atomic E-state index is 0.0608. The maximum absolute atomic E-state index is 13.6. The molecule has 2 saturated heterocycles. The number of carbonyl (C=O) groups is 3. The number of aryl methyl sites for hydroxylation is 1. The molecule has 8 aromatic rings. The van der Waals surface area contributed by atoms with E-state index in [1.54, 1.807) is 39.3 Å². The molecule has 10 rings (SSSR count). The molecule has 3 aromatic heterocycles. The Kier molecular flexibility index (Phi) is 38.3. The second-order valence-electron chi connectivity index (χ2n) is 26.3. The molecule has 5 heterocycles. The van der Waals surface area contributed by atoms with Crippen LogP contribution in [0, 0.1) is 12.8 Å². The van der Waals surface area contributed by atoms with Gasteiger partial charge in [0.25, 0.3) is 6.01 Å². The molecule has 1 unspecified atom stereocenters. The van der Waals surface area contributed by atoms with Crippen LogP contribution in [0.4, 0.5) is 17.5 Å². The van der Waals surface area contributed by atoms with Crippen LogP contribution < -0.4 is 20.0 Å². The molecule has 0 spiro atoms. The van der Waals surface area contributed by atoms with Crippen LogP contribution in [0.2, 0.25) is 0 Å². The molecule has 2 fully saturated rings. The van der Waals surface area contributed by atoms with E-state index in [9.17, 15) is 14.4 Å². The van der Waals surface area contributed by atoms with Crippen molar-refractivity contribution in [2.24, 2.45) is 5.92 Å². The van der Waals surface area contributed by atoms with Crippen LogP contribution >= 0.6 is 11.8 Å². The number of unbranched alkanes of at least 4 members (excludes halogenated alkanes) is 6. The average Bonchev–Trinajstić information content (AvgIpc) is 1.82. The molecule has 101 heavy (non-hydrogen) atoms. The van der Waals surface area contributed by atoms with E-state index in [-0.39, 0.29) is 40.8 Å². The molecule has 1 N–H and O–H groups in total. The molecular formula is C83H117N9O8S. The zero-order valence-electron chi connectivity index (χ0n) is 62.5. The average molecular weight is 1400 g/mol. The number of benzene rings is 5. The third kappa shape index (κ3) is 29.1. The highest BCUT2D eigenvalue weighted by Crippen LogP contribution is 2.38. The van der Waals surface area contributed by atoms with Crippen molar-refractivity contribution in [1.29, 1.82) is 0 Å². The lowest BCUT2D eigenvalue weighted by Crippen LogP contribution is -2.37. The Morgan fingerprint density at radius 3 is 1.87 bits per heavy atom. The maximum Gasteiger partial charge on any atom is 0.298 e. The number of aromatic nitrogens is 3. The fourth-order valence-electron chi connectivity index (χ4n) is 11.9. The van der Waals surface area contributed by atoms with Gasteiger partial charge in [-0.3, -0.25) is 14.4 Å². The number of likely N-dealkylation sites (N-methyl/N-ethyl adjacent to an activating group) is 2. The van der Waals surface area contributed by atoms with Gasteiger partial charge in [0.05, 0.1) is 42.2 Å². The van der Waals surface area contributed by atoms with E-state index >= 15 is 0 Å². The van der Waals surface area contributed by atoms with Gasteiger partial charge in [-0.2, -0.15) is 4.98 Å². The van der Waals surface area contributed by atoms with Crippen LogP contribution in [0.25, 0.3) is 22.6 Å². The van der Waals surface area contributed by atoms with Gasteiger partial charge in [0.15, 0.2) is 5.58 Å². The number of carbonyl (C=O) groups excluding carboxylic acids is 3. The monoisotopic (exact) mass is 1400 g/mol. The van der Waals surface area contributed by atoms with E-state index in [1.165, 1.54) is 56.2 Å². The normalized spacial score (nSPS) is 14.3. The predicted octanol–water partition coefficient (Wildman–Crippen LogP) is 17.6. The van der Waals surface area contributed by atoms with Crippen molar-refractivity contribution < 1.29 is 37.4 Å². The van der Waals surface area contributed by atoms with Gasteiger partial charge in [0, 0.05) is 118 Å². The zero-order chi connectivity index (χ0) is 72.4. The number of para-hydroxylation sites is 3. The van der Waals surface area contributed by atoms with Crippen molar-refractivity contribution >= 4 is 58.1 Å². The van der Waals surface area contributed by atoms with Crippen LogP contribution in [0.15, 0.2) is 173 Å². The molecule has 0 radical (unpaired) electrons. The number of thioether (sulfide) groups is 1. The molecular weight excluding hydrogens is 1280 g/mol. The minimum atomic E-state index is -0.270. The molecule has 0 saturated carbocycles. The molecule has 17 nitrogen and oxygen atoms in total. The standard InChI is InChI=1S/C31H44N2O2S.C19H30N2O.C13H15NO2.C11H14N2O2.C9H14N2O/c1-3-5-7-8-15-21-30-33(22-16-6-4-2)31(35)28(36-30)23-29(34)32(24-26-17-11-9-12-18-26)25-27-19-13-10-14-20-27;1-4-19(22)20-17(14-15(2)3)16-10-6-7-11-18(16)21-12-8-5-9-13-21;1-10-12(8-9-15-2)14-13(16-10)11-6-4-3-5-7-11;1-13(7-8-14-2)11-12-9-5-3-4-6-10(9)15-11;1-11(7-8-12-2)9-5-3-4-6-10-9/h9-14,17-20,28,30H,3-8,15-16,21-25H2,1-2H3;6-7,10-11,15,17H,4-5,8-9,12-14H2,1-3H3,(H,20,22);3-7H,8-9H2,1-2H3;3-6H,7-8H2,1-2H3;3-6H,7-8H2,1-2H3/t28-,30-;;;;/m0..../s1. The first kappa shape index (κ1) is 81.9. The van der Waals surface area contributed by atoms with Crippen molar-refractivity contribution in [3.63, 3.8) is 0 Å². The van der Waals surface area contributed by atoms with E-state index in [1.807, 2.05) is 147 Å². The highest BCUT2D eigenvalue weighted by Gasteiger charge is 2.41. The summed E-state index contributed by atoms with van der Waals surface area (Å²) in [4.78, 5) is 62.5. The van der Waals surface area contributed by atoms with E-state index in [0.29, 0.717) is 50.5 Å². The molecule has 18 heteroatoms. The number of oxazole rings is 2. The third-order valence-electron chi connectivity index (χ3n) is 17.7. The van der Waals surface area contributed by atoms with E-state index in [4.69, 9.17) is 23.0 Å². The Morgan fingerprint density at radius 1 is 0.663 bits per heavy atom. The molecule has 0 bridgehead atoms. The topological polar surface area (TPSA) is 172 Å². The molecule has 3 atom stereocenters. The first-order valence-corrected chi connectivity index (χ1v) is 37.8. The smallest absolute Gasteiger partial charge is 0.298 e. The predicted molar refractivity (Wildman–Crippen MR) is 415 cm³/mol. The van der Waals surface area contributed by atoms with Crippen LogP contribution in [0.1, 0.15) is 165 Å². The summed E-state index contributed by atoms with van der Waals surface area (Å²) >= 11 is 1.74. The van der Waals surface area contributed by atoms with Crippen molar-refractivity contribution in [3.8, 4) is 11.5 Å². The van der Waals surface area contributed by atoms with E-state index in [2.05, 4.69) is 111 Å². The summed E-state index contributed by atoms with van der Waals surface area (Å²) in [6.45, 7) is 20.6. The lowest BCUT2D eigenvalue weighted by molar-refractivity contribution is -0.136. The quantitative estimate of drug-likeness (QED) is 0.0377. The summed E-state index contributed by atoms with van der Waals surface area (Å²) in [5.41, 5.74) is 8.49. The number of nitrogens with zero attached hydrogens (tertiary/aromatic N) is 8.